The van der Waals surface area contributed by atoms with Gasteiger partial charge in [0.25, 0.3) is 12.3 Å². The second kappa shape index (κ2) is 7.94. The minimum atomic E-state index is -2.68. The molecule has 0 spiro atoms. The number of hydrogen-bond donors (Lipinski definition) is 2. The molecule has 1 atom stereocenters. The van der Waals surface area contributed by atoms with E-state index in [0.717, 1.165) is 25.1 Å². The summed E-state index contributed by atoms with van der Waals surface area (Å²) >= 11 is 0. The van der Waals surface area contributed by atoms with Crippen molar-refractivity contribution in [2.45, 2.75) is 25.2 Å². The first-order valence-electron chi connectivity index (χ1n) is 10.0. The van der Waals surface area contributed by atoms with Crippen molar-refractivity contribution in [3.63, 3.8) is 0 Å². The Kier molecular flexibility index (Phi) is 4.96. The zero-order valence-corrected chi connectivity index (χ0v) is 16.8. The van der Waals surface area contributed by atoms with E-state index in [2.05, 4.69) is 35.1 Å². The number of carbonyl (C=O) groups excluding carboxylic acids is 1. The molecule has 0 radical (unpaired) electrons. The number of piperidine rings is 1. The van der Waals surface area contributed by atoms with Crippen molar-refractivity contribution in [2.24, 2.45) is 5.73 Å². The zero-order chi connectivity index (χ0) is 22.2. The molecule has 164 valence electrons. The quantitative estimate of drug-likeness (QED) is 0.488. The molecule has 1 fully saturated rings. The molecule has 1 aliphatic rings. The van der Waals surface area contributed by atoms with Gasteiger partial charge >= 0.3 is 0 Å². The molecule has 1 amide bonds. The number of imidazole rings is 1. The summed E-state index contributed by atoms with van der Waals surface area (Å²) in [6.07, 6.45) is 2.16. The van der Waals surface area contributed by atoms with Gasteiger partial charge in [0.15, 0.2) is 5.65 Å². The number of nitrogens with zero attached hydrogens (tertiary/aromatic N) is 7. The number of nitrogens with two attached hydrogens (primary N) is 1. The van der Waals surface area contributed by atoms with Gasteiger partial charge in [-0.15, -0.1) is 0 Å². The summed E-state index contributed by atoms with van der Waals surface area (Å²) in [5, 5.41) is 10.9. The van der Waals surface area contributed by atoms with Gasteiger partial charge in [-0.05, 0) is 31.0 Å². The first-order chi connectivity index (χ1) is 15.5. The summed E-state index contributed by atoms with van der Waals surface area (Å²) in [5.41, 5.74) is 7.51. The fourth-order valence-electron chi connectivity index (χ4n) is 3.95. The number of aromatic nitrogens is 7. The molecule has 10 nitrogen and oxygen atoms in total. The number of alkyl halides is 2. The van der Waals surface area contributed by atoms with Crippen LogP contribution in [0.25, 0.3) is 17.0 Å². The number of primary amides is 1. The number of nitrogens with one attached hydrogen (secondary N) is 1. The summed E-state index contributed by atoms with van der Waals surface area (Å²) in [5.74, 6) is 0.264. The smallest absolute Gasteiger partial charge is 0.282 e. The van der Waals surface area contributed by atoms with Crippen LogP contribution in [0.3, 0.4) is 0 Å². The van der Waals surface area contributed by atoms with Crippen LogP contribution in [-0.4, -0.2) is 53.8 Å². The minimum Gasteiger partial charge on any atom is -0.364 e. The molecule has 4 aromatic rings. The van der Waals surface area contributed by atoms with Gasteiger partial charge in [-0.2, -0.15) is 10.2 Å². The number of hydrogen-bond acceptors (Lipinski definition) is 7. The van der Waals surface area contributed by atoms with E-state index in [-0.39, 0.29) is 17.3 Å². The Bertz CT molecular complexity index is 1290. The molecule has 0 bridgehead atoms. The zero-order valence-electron chi connectivity index (χ0n) is 16.8. The number of carbonyl (C=O) groups is 1. The molecular formula is C20H19F2N9O. The highest BCUT2D eigenvalue weighted by Gasteiger charge is 2.25. The van der Waals surface area contributed by atoms with E-state index in [0.29, 0.717) is 29.4 Å². The first kappa shape index (κ1) is 20.0. The van der Waals surface area contributed by atoms with Crippen LogP contribution in [0.1, 0.15) is 47.1 Å². The van der Waals surface area contributed by atoms with Crippen LogP contribution in [0.15, 0.2) is 36.8 Å². The topological polar surface area (TPSA) is 131 Å². The molecule has 0 aromatic carbocycles. The maximum absolute atomic E-state index is 13.1. The Hall–Kier alpha value is -3.96. The lowest BCUT2D eigenvalue weighted by molar-refractivity contribution is 0.0995. The van der Waals surface area contributed by atoms with Crippen LogP contribution in [0.5, 0.6) is 0 Å². The second-order valence-corrected chi connectivity index (χ2v) is 7.59. The van der Waals surface area contributed by atoms with Crippen molar-refractivity contribution in [2.75, 3.05) is 18.0 Å². The number of aromatic amines is 1. The minimum absolute atomic E-state index is 0.133. The number of fused-ring (bicyclic) bond motifs is 1. The van der Waals surface area contributed by atoms with E-state index in [1.165, 1.54) is 23.0 Å². The molecular weight excluding hydrogens is 420 g/mol. The van der Waals surface area contributed by atoms with Gasteiger partial charge in [0.05, 0.1) is 11.9 Å². The van der Waals surface area contributed by atoms with Crippen molar-refractivity contribution in [3.8, 4) is 11.4 Å². The molecule has 1 unspecified atom stereocenters. The number of H-pyrrole nitrogens is 1. The maximum Gasteiger partial charge on any atom is 0.282 e. The van der Waals surface area contributed by atoms with Gasteiger partial charge in [-0.25, -0.2) is 28.2 Å². The standard InChI is InChI=1S/C20H19F2N9O/c21-19(22)12-3-4-17-24-8-16(31(17)29-12)14-7-18(26-10-25-14)30-5-1-2-11(9-30)13-6-15(20(23)32)28-27-13/h3-4,6-8,10-11,19H,1-2,5,9H2,(H2,23,32)(H,27,28). The average molecular weight is 439 g/mol. The molecule has 1 aliphatic heterocycles. The summed E-state index contributed by atoms with van der Waals surface area (Å²) < 4.78 is 27.6. The van der Waals surface area contributed by atoms with E-state index in [9.17, 15) is 13.6 Å². The third-order valence-electron chi connectivity index (χ3n) is 5.56. The third-order valence-corrected chi connectivity index (χ3v) is 5.56. The van der Waals surface area contributed by atoms with Gasteiger partial charge in [0.2, 0.25) is 0 Å². The normalized spacial score (nSPS) is 16.7. The van der Waals surface area contributed by atoms with E-state index < -0.39 is 12.3 Å². The molecule has 0 saturated carbocycles. The van der Waals surface area contributed by atoms with E-state index in [1.807, 2.05) is 0 Å². The van der Waals surface area contributed by atoms with Crippen molar-refractivity contribution >= 4 is 17.4 Å². The first-order valence-corrected chi connectivity index (χ1v) is 10.0. The number of rotatable bonds is 5. The Labute approximate surface area is 180 Å². The highest BCUT2D eigenvalue weighted by molar-refractivity contribution is 5.90. The Morgan fingerprint density at radius 1 is 1.22 bits per heavy atom. The van der Waals surface area contributed by atoms with Gasteiger partial charge in [-0.3, -0.25) is 9.89 Å². The fraction of sp³-hybridized carbons (Fsp3) is 0.300. The molecule has 12 heteroatoms. The Morgan fingerprint density at radius 2 is 2.09 bits per heavy atom. The SMILES string of the molecule is NC(=O)c1cc(C2CCCN(c3cc(-c4cnc5ccc(C(F)F)nn45)ncn3)C2)[nH]n1. The number of anilines is 1. The predicted octanol–water partition coefficient (Wildman–Crippen LogP) is 2.33. The summed E-state index contributed by atoms with van der Waals surface area (Å²) in [6.45, 7) is 1.46. The second-order valence-electron chi connectivity index (χ2n) is 7.59. The van der Waals surface area contributed by atoms with Gasteiger partial charge in [-0.1, -0.05) is 0 Å². The molecule has 3 N–H and O–H groups in total. The molecule has 1 saturated heterocycles. The highest BCUT2D eigenvalue weighted by Crippen LogP contribution is 2.30. The van der Waals surface area contributed by atoms with E-state index in [1.54, 1.807) is 18.3 Å². The van der Waals surface area contributed by atoms with Crippen molar-refractivity contribution in [1.82, 2.24) is 34.8 Å². The number of halogens is 2. The van der Waals surface area contributed by atoms with Crippen molar-refractivity contribution < 1.29 is 13.6 Å². The highest BCUT2D eigenvalue weighted by atomic mass is 19.3. The Balaban J connectivity index is 1.43. The molecule has 32 heavy (non-hydrogen) atoms. The monoisotopic (exact) mass is 439 g/mol. The third kappa shape index (κ3) is 3.63. The van der Waals surface area contributed by atoms with Crippen molar-refractivity contribution in [1.29, 1.82) is 0 Å². The van der Waals surface area contributed by atoms with Crippen molar-refractivity contribution in [3.05, 3.63) is 53.9 Å². The molecule has 0 aliphatic carbocycles. The van der Waals surface area contributed by atoms with Crippen LogP contribution < -0.4 is 10.6 Å². The van der Waals surface area contributed by atoms with Crippen LogP contribution >= 0.6 is 0 Å². The maximum atomic E-state index is 13.1. The van der Waals surface area contributed by atoms with Crippen LogP contribution in [-0.2, 0) is 0 Å². The Morgan fingerprint density at radius 3 is 2.88 bits per heavy atom. The van der Waals surface area contributed by atoms with Crippen LogP contribution in [0, 0.1) is 0 Å². The van der Waals surface area contributed by atoms with Gasteiger partial charge < -0.3 is 10.6 Å². The van der Waals surface area contributed by atoms with E-state index in [4.69, 9.17) is 5.73 Å². The molecule has 5 heterocycles. The predicted molar refractivity (Wildman–Crippen MR) is 110 cm³/mol. The van der Waals surface area contributed by atoms with Crippen LogP contribution in [0.4, 0.5) is 14.6 Å². The lowest BCUT2D eigenvalue weighted by Crippen LogP contribution is -2.35. The number of amides is 1. The van der Waals surface area contributed by atoms with Crippen LogP contribution in [0.2, 0.25) is 0 Å². The molecule has 4 aromatic heterocycles. The van der Waals surface area contributed by atoms with Gasteiger partial charge in [0.1, 0.15) is 29.2 Å². The van der Waals surface area contributed by atoms with E-state index >= 15 is 0 Å². The summed E-state index contributed by atoms with van der Waals surface area (Å²) in [4.78, 5) is 26.4. The lowest BCUT2D eigenvalue weighted by Gasteiger charge is -2.33. The summed E-state index contributed by atoms with van der Waals surface area (Å²) in [6, 6.07) is 6.24. The lowest BCUT2D eigenvalue weighted by atomic mass is 9.94. The van der Waals surface area contributed by atoms with Gasteiger partial charge in [0, 0.05) is 30.8 Å². The summed E-state index contributed by atoms with van der Waals surface area (Å²) in [7, 11) is 0. The largest absolute Gasteiger partial charge is 0.364 e. The molecule has 5 rings (SSSR count). The average Bonchev–Trinajstić information content (AvgIpc) is 3.46. The fourth-order valence-corrected chi connectivity index (χ4v) is 3.95.